The molecule has 0 fully saturated rings. The van der Waals surface area contributed by atoms with Crippen molar-refractivity contribution in [2.75, 3.05) is 57.6 Å². The molecule has 2 rings (SSSR count). The molecule has 8 nitrogen and oxygen atoms in total. The van der Waals surface area contributed by atoms with Crippen LogP contribution in [0.5, 0.6) is 0 Å². The number of anilines is 2. The molecule has 2 heterocycles. The Morgan fingerprint density at radius 2 is 2.14 bits per heavy atom. The van der Waals surface area contributed by atoms with Gasteiger partial charge in [0, 0.05) is 33.3 Å². The van der Waals surface area contributed by atoms with Crippen molar-refractivity contribution in [1.29, 1.82) is 0 Å². The molecule has 0 atom stereocenters. The van der Waals surface area contributed by atoms with E-state index in [0.29, 0.717) is 11.6 Å². The fraction of sp³-hybridized carbons (Fsp3) is 0.615. The maximum absolute atomic E-state index is 5.06. The smallest absolute Gasteiger partial charge is 0.226 e. The molecule has 3 N–H and O–H groups in total. The van der Waals surface area contributed by atoms with Crippen molar-refractivity contribution in [2.45, 2.75) is 6.92 Å². The van der Waals surface area contributed by atoms with Crippen LogP contribution < -0.4 is 10.6 Å². The second kappa shape index (κ2) is 7.75. The summed E-state index contributed by atoms with van der Waals surface area (Å²) < 4.78 is 5.06. The Balaban J connectivity index is 1.98. The van der Waals surface area contributed by atoms with E-state index in [9.17, 15) is 0 Å². The number of hydrogen-bond acceptors (Lipinski definition) is 7. The average Bonchev–Trinajstić information content (AvgIpc) is 2.94. The maximum Gasteiger partial charge on any atom is 0.226 e. The molecule has 2 aromatic rings. The number of nitrogens with one attached hydrogen (secondary N) is 3. The minimum atomic E-state index is 0.590. The SMILES string of the molecule is CCNc1nc(NCCN(C)CCOC)c2[nH]cnc2n1. The highest BCUT2D eigenvalue weighted by atomic mass is 16.5. The third-order valence-corrected chi connectivity index (χ3v) is 3.08. The number of methoxy groups -OCH3 is 1. The number of ether oxygens (including phenoxy) is 1. The first kappa shape index (κ1) is 15.5. The van der Waals surface area contributed by atoms with Crippen LogP contribution in [-0.4, -0.2) is 71.8 Å². The molecule has 0 aromatic carbocycles. The Bertz CT molecular complexity index is 556. The number of likely N-dealkylation sites (N-methyl/N-ethyl adjacent to an activating group) is 1. The van der Waals surface area contributed by atoms with E-state index in [1.54, 1.807) is 13.4 Å². The summed E-state index contributed by atoms with van der Waals surface area (Å²) >= 11 is 0. The first-order valence-electron chi connectivity index (χ1n) is 7.11. The van der Waals surface area contributed by atoms with E-state index < -0.39 is 0 Å². The van der Waals surface area contributed by atoms with Crippen LogP contribution in [-0.2, 0) is 4.74 Å². The van der Waals surface area contributed by atoms with Crippen molar-refractivity contribution >= 4 is 22.9 Å². The van der Waals surface area contributed by atoms with E-state index in [2.05, 4.69) is 42.5 Å². The molecule has 0 aliphatic rings. The Kier molecular flexibility index (Phi) is 5.70. The van der Waals surface area contributed by atoms with Crippen molar-refractivity contribution in [3.05, 3.63) is 6.33 Å². The molecule has 2 aromatic heterocycles. The van der Waals surface area contributed by atoms with E-state index in [0.717, 1.165) is 44.1 Å². The van der Waals surface area contributed by atoms with Crippen LogP contribution in [0.4, 0.5) is 11.8 Å². The zero-order valence-electron chi connectivity index (χ0n) is 12.8. The van der Waals surface area contributed by atoms with Gasteiger partial charge in [-0.05, 0) is 14.0 Å². The van der Waals surface area contributed by atoms with Crippen LogP contribution >= 0.6 is 0 Å². The van der Waals surface area contributed by atoms with E-state index in [1.165, 1.54) is 0 Å². The minimum absolute atomic E-state index is 0.590. The van der Waals surface area contributed by atoms with Crippen LogP contribution in [0.1, 0.15) is 6.92 Å². The molecule has 0 aliphatic heterocycles. The number of hydrogen-bond donors (Lipinski definition) is 3. The largest absolute Gasteiger partial charge is 0.383 e. The van der Waals surface area contributed by atoms with Crippen LogP contribution in [0.2, 0.25) is 0 Å². The van der Waals surface area contributed by atoms with Gasteiger partial charge in [0.2, 0.25) is 5.95 Å². The molecule has 0 spiro atoms. The lowest BCUT2D eigenvalue weighted by Crippen LogP contribution is -2.28. The fourth-order valence-electron chi connectivity index (χ4n) is 1.92. The summed E-state index contributed by atoms with van der Waals surface area (Å²) in [7, 11) is 3.78. The van der Waals surface area contributed by atoms with Crippen LogP contribution in [0, 0.1) is 0 Å². The number of aromatic nitrogens is 4. The van der Waals surface area contributed by atoms with Gasteiger partial charge in [-0.15, -0.1) is 0 Å². The van der Waals surface area contributed by atoms with Gasteiger partial charge in [0.1, 0.15) is 5.52 Å². The molecule has 0 saturated carbocycles. The molecule has 116 valence electrons. The van der Waals surface area contributed by atoms with E-state index in [1.807, 2.05) is 6.92 Å². The van der Waals surface area contributed by atoms with Crippen molar-refractivity contribution in [1.82, 2.24) is 24.8 Å². The molecule has 0 aliphatic carbocycles. The van der Waals surface area contributed by atoms with Crippen LogP contribution in [0.15, 0.2) is 6.33 Å². The third kappa shape index (κ3) is 4.27. The third-order valence-electron chi connectivity index (χ3n) is 3.08. The van der Waals surface area contributed by atoms with Gasteiger partial charge in [0.25, 0.3) is 0 Å². The summed E-state index contributed by atoms with van der Waals surface area (Å²) in [4.78, 5) is 18.3. The summed E-state index contributed by atoms with van der Waals surface area (Å²) in [5.41, 5.74) is 1.49. The zero-order chi connectivity index (χ0) is 15.1. The summed E-state index contributed by atoms with van der Waals surface area (Å²) in [6.45, 7) is 6.12. The fourth-order valence-corrected chi connectivity index (χ4v) is 1.92. The molecule has 0 amide bonds. The molecule has 0 radical (unpaired) electrons. The van der Waals surface area contributed by atoms with E-state index in [-0.39, 0.29) is 0 Å². The Labute approximate surface area is 124 Å². The lowest BCUT2D eigenvalue weighted by molar-refractivity contribution is 0.163. The van der Waals surface area contributed by atoms with Crippen LogP contribution in [0.25, 0.3) is 11.2 Å². The highest BCUT2D eigenvalue weighted by Gasteiger charge is 2.09. The van der Waals surface area contributed by atoms with Gasteiger partial charge in [-0.3, -0.25) is 0 Å². The molecule has 0 unspecified atom stereocenters. The topological polar surface area (TPSA) is 91.0 Å². The lowest BCUT2D eigenvalue weighted by Gasteiger charge is -2.16. The van der Waals surface area contributed by atoms with Gasteiger partial charge in [-0.2, -0.15) is 9.97 Å². The Morgan fingerprint density at radius 3 is 2.90 bits per heavy atom. The van der Waals surface area contributed by atoms with Crippen molar-refractivity contribution in [2.24, 2.45) is 0 Å². The van der Waals surface area contributed by atoms with Gasteiger partial charge in [0.15, 0.2) is 11.5 Å². The predicted molar refractivity (Wildman–Crippen MR) is 83.7 cm³/mol. The number of H-pyrrole nitrogens is 1. The zero-order valence-corrected chi connectivity index (χ0v) is 12.8. The first-order valence-corrected chi connectivity index (χ1v) is 7.11. The monoisotopic (exact) mass is 293 g/mol. The minimum Gasteiger partial charge on any atom is -0.383 e. The standard InChI is InChI=1S/C13H23N7O/c1-4-14-13-18-11(10-12(19-13)17-9-16-10)15-5-6-20(2)7-8-21-3/h9H,4-8H2,1-3H3,(H3,14,15,16,17,18,19). The molecule has 0 saturated heterocycles. The second-order valence-electron chi connectivity index (χ2n) is 4.75. The van der Waals surface area contributed by atoms with Gasteiger partial charge < -0.3 is 25.3 Å². The summed E-state index contributed by atoms with van der Waals surface area (Å²) in [6, 6.07) is 0. The predicted octanol–water partition coefficient (Wildman–Crippen LogP) is 0.775. The lowest BCUT2D eigenvalue weighted by atomic mass is 10.4. The Morgan fingerprint density at radius 1 is 1.29 bits per heavy atom. The summed E-state index contributed by atoms with van der Waals surface area (Å²) in [5.74, 6) is 1.36. The van der Waals surface area contributed by atoms with Crippen LogP contribution in [0.3, 0.4) is 0 Å². The number of imidazole rings is 1. The number of fused-ring (bicyclic) bond motifs is 1. The van der Waals surface area contributed by atoms with E-state index in [4.69, 9.17) is 4.74 Å². The molecule has 21 heavy (non-hydrogen) atoms. The molecular formula is C13H23N7O. The second-order valence-corrected chi connectivity index (χ2v) is 4.75. The highest BCUT2D eigenvalue weighted by Crippen LogP contribution is 2.18. The average molecular weight is 293 g/mol. The maximum atomic E-state index is 5.06. The number of nitrogens with zero attached hydrogens (tertiary/aromatic N) is 4. The van der Waals surface area contributed by atoms with Gasteiger partial charge in [-0.25, -0.2) is 4.98 Å². The van der Waals surface area contributed by atoms with Crippen molar-refractivity contribution < 1.29 is 4.74 Å². The molecular weight excluding hydrogens is 270 g/mol. The highest BCUT2D eigenvalue weighted by molar-refractivity contribution is 5.83. The molecule has 0 bridgehead atoms. The number of rotatable bonds is 9. The summed E-state index contributed by atoms with van der Waals surface area (Å²) in [5, 5.41) is 6.45. The quantitative estimate of drug-likeness (QED) is 0.629. The van der Waals surface area contributed by atoms with E-state index >= 15 is 0 Å². The molecule has 8 heteroatoms. The number of aromatic amines is 1. The van der Waals surface area contributed by atoms with Crippen molar-refractivity contribution in [3.8, 4) is 0 Å². The summed E-state index contributed by atoms with van der Waals surface area (Å²) in [6.07, 6.45) is 1.63. The first-order chi connectivity index (χ1) is 10.2. The van der Waals surface area contributed by atoms with Gasteiger partial charge >= 0.3 is 0 Å². The van der Waals surface area contributed by atoms with Gasteiger partial charge in [-0.1, -0.05) is 0 Å². The van der Waals surface area contributed by atoms with Gasteiger partial charge in [0.05, 0.1) is 12.9 Å². The normalized spacial score (nSPS) is 11.2. The Hall–Kier alpha value is -1.93. The van der Waals surface area contributed by atoms with Crippen molar-refractivity contribution in [3.63, 3.8) is 0 Å².